The van der Waals surface area contributed by atoms with Crippen LogP contribution in [0.25, 0.3) is 10.9 Å². The third kappa shape index (κ3) is 4.10. The van der Waals surface area contributed by atoms with Gasteiger partial charge in [-0.3, -0.25) is 9.59 Å². The molecule has 4 aromatic rings. The zero-order chi connectivity index (χ0) is 28.2. The molecule has 0 spiro atoms. The summed E-state index contributed by atoms with van der Waals surface area (Å²) in [6.45, 7) is 6.28. The maximum atomic E-state index is 14.2. The second kappa shape index (κ2) is 9.70. The number of carbonyl (C=O) groups excluding carboxylic acids is 2. The fourth-order valence-corrected chi connectivity index (χ4v) is 6.17. The molecule has 40 heavy (non-hydrogen) atoms. The van der Waals surface area contributed by atoms with Crippen molar-refractivity contribution in [2.75, 3.05) is 20.2 Å². The number of aromatic amines is 1. The number of piperazine rings is 1. The van der Waals surface area contributed by atoms with Gasteiger partial charge in [0.2, 0.25) is 5.91 Å². The van der Waals surface area contributed by atoms with Crippen molar-refractivity contribution in [1.29, 1.82) is 0 Å². The third-order valence-electron chi connectivity index (χ3n) is 8.06. The first kappa shape index (κ1) is 25.9. The number of rotatable bonds is 6. The van der Waals surface area contributed by atoms with Crippen LogP contribution in [-0.4, -0.2) is 52.9 Å². The van der Waals surface area contributed by atoms with Crippen molar-refractivity contribution in [3.8, 4) is 11.5 Å². The Labute approximate surface area is 232 Å². The van der Waals surface area contributed by atoms with Crippen LogP contribution in [0, 0.1) is 5.82 Å². The lowest BCUT2D eigenvalue weighted by Crippen LogP contribution is -2.67. The highest BCUT2D eigenvalue weighted by molar-refractivity contribution is 6.01. The Morgan fingerprint density at radius 2 is 1.80 bits per heavy atom. The molecule has 8 heteroatoms. The molecule has 0 saturated carbocycles. The van der Waals surface area contributed by atoms with E-state index in [1.807, 2.05) is 57.2 Å². The number of ether oxygens (including phenoxy) is 2. The lowest BCUT2D eigenvalue weighted by Gasteiger charge is -2.51. The van der Waals surface area contributed by atoms with Crippen LogP contribution >= 0.6 is 0 Å². The number of H-pyrrole nitrogens is 1. The second-order valence-corrected chi connectivity index (χ2v) is 11.0. The number of nitrogens with zero attached hydrogens (tertiary/aromatic N) is 2. The van der Waals surface area contributed by atoms with Crippen molar-refractivity contribution in [3.63, 3.8) is 0 Å². The molecular weight excluding hydrogens is 509 g/mol. The van der Waals surface area contributed by atoms with Crippen LogP contribution in [0.2, 0.25) is 0 Å². The summed E-state index contributed by atoms with van der Waals surface area (Å²) in [6, 6.07) is 19.9. The minimum atomic E-state index is -1.22. The normalized spacial score (nSPS) is 20.6. The molecule has 1 N–H and O–H groups in total. The molecule has 1 fully saturated rings. The van der Waals surface area contributed by atoms with Gasteiger partial charge in [0.1, 0.15) is 12.4 Å². The molecule has 0 radical (unpaired) electrons. The summed E-state index contributed by atoms with van der Waals surface area (Å²) in [5.41, 5.74) is 3.14. The molecule has 2 atom stereocenters. The number of halogens is 1. The van der Waals surface area contributed by atoms with Crippen molar-refractivity contribution < 1.29 is 23.5 Å². The highest BCUT2D eigenvalue weighted by Crippen LogP contribution is 2.49. The largest absolute Gasteiger partial charge is 0.493 e. The monoisotopic (exact) mass is 541 g/mol. The summed E-state index contributed by atoms with van der Waals surface area (Å²) >= 11 is 0. The number of nitrogens with one attached hydrogen (secondary N) is 1. The highest BCUT2D eigenvalue weighted by Gasteiger charge is 2.56. The zero-order valence-electron chi connectivity index (χ0n) is 23.0. The van der Waals surface area contributed by atoms with Gasteiger partial charge in [-0.25, -0.2) is 4.39 Å². The van der Waals surface area contributed by atoms with Gasteiger partial charge in [0.25, 0.3) is 5.91 Å². The van der Waals surface area contributed by atoms with E-state index in [0.29, 0.717) is 23.7 Å². The topological polar surface area (TPSA) is 74.9 Å². The minimum Gasteiger partial charge on any atom is -0.493 e. The van der Waals surface area contributed by atoms with Crippen molar-refractivity contribution in [3.05, 3.63) is 94.9 Å². The lowest BCUT2D eigenvalue weighted by molar-refractivity contribution is -0.166. The Kier molecular flexibility index (Phi) is 6.28. The number of hydrogen-bond acceptors (Lipinski definition) is 4. The molecule has 2 aliphatic heterocycles. The van der Waals surface area contributed by atoms with Gasteiger partial charge in [-0.2, -0.15) is 0 Å². The smallest absolute Gasteiger partial charge is 0.255 e. The predicted molar refractivity (Wildman–Crippen MR) is 150 cm³/mol. The minimum absolute atomic E-state index is 0.00908. The standard InChI is InChI=1S/C32H32FN3O4/c1-19(2)40-26-14-11-21(15-27(26)39-4)24-17-36-28(37)18-35(16-20-9-12-22(33)13-10-20)31(38)32(36,3)30-29(24)23-7-5-6-8-25(23)34-30/h5-15,19,24,34H,16-18H2,1-4H3/t24-,32+/m1/s1. The van der Waals surface area contributed by atoms with E-state index in [0.717, 1.165) is 27.6 Å². The Balaban J connectivity index is 1.47. The van der Waals surface area contributed by atoms with Gasteiger partial charge in [0.05, 0.1) is 18.9 Å². The van der Waals surface area contributed by atoms with Crippen LogP contribution in [0.1, 0.15) is 49.1 Å². The van der Waals surface area contributed by atoms with Crippen molar-refractivity contribution in [2.24, 2.45) is 0 Å². The van der Waals surface area contributed by atoms with Crippen molar-refractivity contribution in [1.82, 2.24) is 14.8 Å². The molecule has 0 unspecified atom stereocenters. The maximum Gasteiger partial charge on any atom is 0.255 e. The number of methoxy groups -OCH3 is 1. The Bertz CT molecular complexity index is 1610. The fourth-order valence-electron chi connectivity index (χ4n) is 6.17. The predicted octanol–water partition coefficient (Wildman–Crippen LogP) is 5.33. The van der Waals surface area contributed by atoms with Crippen molar-refractivity contribution >= 4 is 22.7 Å². The van der Waals surface area contributed by atoms with Gasteiger partial charge < -0.3 is 24.3 Å². The van der Waals surface area contributed by atoms with Crippen LogP contribution in [0.4, 0.5) is 4.39 Å². The quantitative estimate of drug-likeness (QED) is 0.358. The first-order valence-electron chi connectivity index (χ1n) is 13.5. The first-order valence-corrected chi connectivity index (χ1v) is 13.5. The summed E-state index contributed by atoms with van der Waals surface area (Å²) in [5.74, 6) is 0.436. The van der Waals surface area contributed by atoms with Gasteiger partial charge in [-0.05, 0) is 67.8 Å². The lowest BCUT2D eigenvalue weighted by atomic mass is 9.76. The Hall–Kier alpha value is -4.33. The van der Waals surface area contributed by atoms with Gasteiger partial charge in [0.15, 0.2) is 17.0 Å². The molecule has 6 rings (SSSR count). The molecule has 1 aromatic heterocycles. The third-order valence-corrected chi connectivity index (χ3v) is 8.06. The van der Waals surface area contributed by atoms with E-state index < -0.39 is 5.54 Å². The van der Waals surface area contributed by atoms with E-state index in [1.165, 1.54) is 12.1 Å². The van der Waals surface area contributed by atoms with E-state index in [-0.39, 0.29) is 42.7 Å². The highest BCUT2D eigenvalue weighted by atomic mass is 19.1. The van der Waals surface area contributed by atoms with Gasteiger partial charge >= 0.3 is 0 Å². The Morgan fingerprint density at radius 3 is 2.52 bits per heavy atom. The second-order valence-electron chi connectivity index (χ2n) is 11.0. The zero-order valence-corrected chi connectivity index (χ0v) is 23.0. The van der Waals surface area contributed by atoms with E-state index in [1.54, 1.807) is 29.0 Å². The van der Waals surface area contributed by atoms with Crippen LogP contribution < -0.4 is 9.47 Å². The number of amides is 2. The number of hydrogen-bond donors (Lipinski definition) is 1. The van der Waals surface area contributed by atoms with Crippen LogP contribution in [-0.2, 0) is 21.7 Å². The number of para-hydroxylation sites is 1. The molecule has 0 bridgehead atoms. The molecule has 1 saturated heterocycles. The molecule has 7 nitrogen and oxygen atoms in total. The summed E-state index contributed by atoms with van der Waals surface area (Å²) in [4.78, 5) is 34.8. The number of aromatic nitrogens is 1. The SMILES string of the molecule is COc1cc([C@H]2CN3C(=O)CN(Cc4ccc(F)cc4)C(=O)[C@]3(C)c3[nH]c4ccccc4c32)ccc1OC(C)C. The summed E-state index contributed by atoms with van der Waals surface area (Å²) in [7, 11) is 1.61. The van der Waals surface area contributed by atoms with Gasteiger partial charge in [-0.15, -0.1) is 0 Å². The van der Waals surface area contributed by atoms with Gasteiger partial charge in [-0.1, -0.05) is 36.4 Å². The van der Waals surface area contributed by atoms with E-state index in [2.05, 4.69) is 11.1 Å². The number of carbonyl (C=O) groups is 2. The van der Waals surface area contributed by atoms with E-state index >= 15 is 0 Å². The molecule has 2 aliphatic rings. The Morgan fingerprint density at radius 1 is 1.05 bits per heavy atom. The van der Waals surface area contributed by atoms with Gasteiger partial charge in [0, 0.05) is 29.9 Å². The molecule has 3 aromatic carbocycles. The van der Waals surface area contributed by atoms with E-state index in [4.69, 9.17) is 9.47 Å². The number of fused-ring (bicyclic) bond motifs is 5. The molecular formula is C32H32FN3O4. The summed E-state index contributed by atoms with van der Waals surface area (Å²) in [6.07, 6.45) is -0.00908. The van der Waals surface area contributed by atoms with E-state index in [9.17, 15) is 14.0 Å². The van der Waals surface area contributed by atoms with Crippen LogP contribution in [0.5, 0.6) is 11.5 Å². The molecule has 3 heterocycles. The number of benzene rings is 3. The van der Waals surface area contributed by atoms with Crippen LogP contribution in [0.3, 0.4) is 0 Å². The summed E-state index contributed by atoms with van der Waals surface area (Å²) in [5, 5.41) is 1.01. The fraction of sp³-hybridized carbons (Fsp3) is 0.312. The molecule has 206 valence electrons. The molecule has 2 amide bonds. The van der Waals surface area contributed by atoms with Crippen LogP contribution in [0.15, 0.2) is 66.7 Å². The maximum absolute atomic E-state index is 14.2. The average molecular weight is 542 g/mol. The first-order chi connectivity index (χ1) is 19.2. The molecule has 0 aliphatic carbocycles. The van der Waals surface area contributed by atoms with Crippen molar-refractivity contribution in [2.45, 2.75) is 44.9 Å². The average Bonchev–Trinajstić information content (AvgIpc) is 3.34. The summed E-state index contributed by atoms with van der Waals surface area (Å²) < 4.78 is 25.1.